The van der Waals surface area contributed by atoms with Crippen molar-refractivity contribution in [2.75, 3.05) is 12.0 Å². The van der Waals surface area contributed by atoms with E-state index in [2.05, 4.69) is 6.58 Å². The molecule has 6 nitrogen and oxygen atoms in total. The molecule has 1 aromatic rings. The Labute approximate surface area is 141 Å². The molecule has 1 N–H and O–H groups in total. The van der Waals surface area contributed by atoms with Gasteiger partial charge in [0.25, 0.3) is 0 Å². The molecule has 1 amide bonds. The highest BCUT2D eigenvalue weighted by Gasteiger charge is 2.53. The molecule has 0 aromatic heterocycles. The maximum Gasteiger partial charge on any atom is 0.415 e. The molecule has 1 aliphatic heterocycles. The first kappa shape index (κ1) is 17.8. The number of anilines is 1. The van der Waals surface area contributed by atoms with Gasteiger partial charge >= 0.3 is 12.1 Å². The van der Waals surface area contributed by atoms with Gasteiger partial charge in [-0.2, -0.15) is 0 Å². The van der Waals surface area contributed by atoms with Crippen LogP contribution >= 0.6 is 0 Å². The van der Waals surface area contributed by atoms with E-state index in [1.807, 2.05) is 0 Å². The summed E-state index contributed by atoms with van der Waals surface area (Å²) in [6.45, 7) is 8.87. The molecule has 1 aromatic carbocycles. The van der Waals surface area contributed by atoms with Crippen LogP contribution in [0.15, 0.2) is 30.9 Å². The Balaban J connectivity index is 2.59. The van der Waals surface area contributed by atoms with Crippen molar-refractivity contribution in [1.29, 1.82) is 0 Å². The molecule has 0 spiro atoms. The number of nitrogens with zero attached hydrogens (tertiary/aromatic N) is 1. The van der Waals surface area contributed by atoms with Gasteiger partial charge in [0.05, 0.1) is 12.8 Å². The Hall–Kier alpha value is -2.50. The molecule has 0 bridgehead atoms. The molecule has 0 saturated carbocycles. The van der Waals surface area contributed by atoms with Crippen LogP contribution < -0.4 is 9.64 Å². The van der Waals surface area contributed by atoms with Crippen LogP contribution in [0.3, 0.4) is 0 Å². The molecule has 130 valence electrons. The number of amides is 1. The van der Waals surface area contributed by atoms with Gasteiger partial charge in [0.2, 0.25) is 0 Å². The summed E-state index contributed by atoms with van der Waals surface area (Å²) in [5.74, 6) is -0.550. The first-order valence-corrected chi connectivity index (χ1v) is 7.69. The van der Waals surface area contributed by atoms with Crippen LogP contribution in [0.1, 0.15) is 32.8 Å². The lowest BCUT2D eigenvalue weighted by Crippen LogP contribution is -2.56. The highest BCUT2D eigenvalue weighted by atomic mass is 16.6. The Morgan fingerprint density at radius 2 is 2.08 bits per heavy atom. The van der Waals surface area contributed by atoms with Crippen molar-refractivity contribution in [2.45, 2.75) is 44.8 Å². The van der Waals surface area contributed by atoms with E-state index in [-0.39, 0.29) is 12.8 Å². The maximum atomic E-state index is 12.8. The summed E-state index contributed by atoms with van der Waals surface area (Å²) in [6.07, 6.45) is 1.11. The second-order valence-corrected chi connectivity index (χ2v) is 6.82. The van der Waals surface area contributed by atoms with E-state index in [1.165, 1.54) is 18.1 Å². The largest absolute Gasteiger partial charge is 0.497 e. The number of ether oxygens (including phenoxy) is 2. The third-order valence-electron chi connectivity index (χ3n) is 3.90. The van der Waals surface area contributed by atoms with Crippen molar-refractivity contribution in [2.24, 2.45) is 0 Å². The van der Waals surface area contributed by atoms with Crippen LogP contribution in [0.2, 0.25) is 0 Å². The summed E-state index contributed by atoms with van der Waals surface area (Å²) >= 11 is 0. The smallest absolute Gasteiger partial charge is 0.415 e. The van der Waals surface area contributed by atoms with E-state index >= 15 is 0 Å². The topological polar surface area (TPSA) is 76.1 Å². The first-order chi connectivity index (χ1) is 11.1. The summed E-state index contributed by atoms with van der Waals surface area (Å²) < 4.78 is 10.7. The average molecular weight is 333 g/mol. The lowest BCUT2D eigenvalue weighted by Gasteiger charge is -2.35. The zero-order valence-corrected chi connectivity index (χ0v) is 14.5. The Kier molecular flexibility index (Phi) is 4.60. The number of benzene rings is 1. The molecule has 0 fully saturated rings. The van der Waals surface area contributed by atoms with E-state index in [0.717, 1.165) is 5.56 Å². The molecule has 1 atom stereocenters. The van der Waals surface area contributed by atoms with Crippen molar-refractivity contribution >= 4 is 17.7 Å². The zero-order chi connectivity index (χ0) is 18.1. The van der Waals surface area contributed by atoms with E-state index in [9.17, 15) is 14.7 Å². The molecule has 1 aliphatic rings. The SMILES string of the molecule is C=CCC1(C(=O)O)Cc2ccc(OC)cc2N1C(=O)OC(C)(C)C. The number of carbonyl (C=O) groups excluding carboxylic acids is 1. The van der Waals surface area contributed by atoms with Crippen LogP contribution in [-0.2, 0) is 16.0 Å². The van der Waals surface area contributed by atoms with Crippen molar-refractivity contribution in [1.82, 2.24) is 0 Å². The van der Waals surface area contributed by atoms with Gasteiger partial charge in [0.1, 0.15) is 11.4 Å². The summed E-state index contributed by atoms with van der Waals surface area (Å²) in [4.78, 5) is 26.1. The monoisotopic (exact) mass is 333 g/mol. The van der Waals surface area contributed by atoms with Crippen LogP contribution in [0.25, 0.3) is 0 Å². The van der Waals surface area contributed by atoms with Crippen molar-refractivity contribution < 1.29 is 24.2 Å². The highest BCUT2D eigenvalue weighted by molar-refractivity contribution is 6.02. The number of fused-ring (bicyclic) bond motifs is 1. The second kappa shape index (κ2) is 6.19. The van der Waals surface area contributed by atoms with Gasteiger partial charge in [0, 0.05) is 12.5 Å². The van der Waals surface area contributed by atoms with Crippen LogP contribution in [0.5, 0.6) is 5.75 Å². The standard InChI is InChI=1S/C18H23NO5/c1-6-9-18(15(20)21)11-12-7-8-13(23-5)10-14(12)19(18)16(22)24-17(2,3)4/h6-8,10H,1,9,11H2,2-5H3,(H,20,21). The molecule has 24 heavy (non-hydrogen) atoms. The zero-order valence-electron chi connectivity index (χ0n) is 14.5. The maximum absolute atomic E-state index is 12.8. The van der Waals surface area contributed by atoms with E-state index in [0.29, 0.717) is 11.4 Å². The lowest BCUT2D eigenvalue weighted by atomic mass is 9.90. The number of aliphatic carboxylic acids is 1. The van der Waals surface area contributed by atoms with Crippen LogP contribution in [0.4, 0.5) is 10.5 Å². The summed E-state index contributed by atoms with van der Waals surface area (Å²) in [7, 11) is 1.52. The van der Waals surface area contributed by atoms with E-state index in [4.69, 9.17) is 9.47 Å². The Morgan fingerprint density at radius 3 is 2.58 bits per heavy atom. The molecule has 0 aliphatic carbocycles. The second-order valence-electron chi connectivity index (χ2n) is 6.82. The van der Waals surface area contributed by atoms with Gasteiger partial charge in [-0.15, -0.1) is 6.58 Å². The fourth-order valence-corrected chi connectivity index (χ4v) is 2.89. The summed E-state index contributed by atoms with van der Waals surface area (Å²) in [6, 6.07) is 5.18. The normalized spacial score (nSPS) is 19.6. The number of rotatable bonds is 4. The van der Waals surface area contributed by atoms with Gasteiger partial charge in [-0.1, -0.05) is 12.1 Å². The lowest BCUT2D eigenvalue weighted by molar-refractivity contribution is -0.143. The highest BCUT2D eigenvalue weighted by Crippen LogP contribution is 2.43. The fraction of sp³-hybridized carbons (Fsp3) is 0.444. The molecule has 6 heteroatoms. The fourth-order valence-electron chi connectivity index (χ4n) is 2.89. The third kappa shape index (κ3) is 3.09. The van der Waals surface area contributed by atoms with Gasteiger partial charge in [-0.05, 0) is 38.8 Å². The molecule has 0 saturated heterocycles. The molecule has 1 unspecified atom stereocenters. The number of carbonyl (C=O) groups is 2. The minimum absolute atomic E-state index is 0.110. The number of hydrogen-bond acceptors (Lipinski definition) is 4. The Morgan fingerprint density at radius 1 is 1.42 bits per heavy atom. The molecule has 0 radical (unpaired) electrons. The van der Waals surface area contributed by atoms with Gasteiger partial charge in [-0.3, -0.25) is 4.90 Å². The van der Waals surface area contributed by atoms with Crippen LogP contribution in [-0.4, -0.2) is 35.4 Å². The minimum atomic E-state index is -1.45. The van der Waals surface area contributed by atoms with Gasteiger partial charge in [0.15, 0.2) is 5.54 Å². The van der Waals surface area contributed by atoms with E-state index in [1.54, 1.807) is 39.0 Å². The predicted octanol–water partition coefficient (Wildman–Crippen LogP) is 3.39. The predicted molar refractivity (Wildman–Crippen MR) is 90.6 cm³/mol. The number of carboxylic acid groups (broad SMARTS) is 1. The number of methoxy groups -OCH3 is 1. The molecular weight excluding hydrogens is 310 g/mol. The molecule has 2 rings (SSSR count). The van der Waals surface area contributed by atoms with Crippen molar-refractivity contribution in [3.05, 3.63) is 36.4 Å². The van der Waals surface area contributed by atoms with Crippen molar-refractivity contribution in [3.63, 3.8) is 0 Å². The first-order valence-electron chi connectivity index (χ1n) is 7.69. The van der Waals surface area contributed by atoms with E-state index < -0.39 is 23.2 Å². The number of hydrogen-bond donors (Lipinski definition) is 1. The minimum Gasteiger partial charge on any atom is -0.497 e. The number of carboxylic acids is 1. The third-order valence-corrected chi connectivity index (χ3v) is 3.90. The van der Waals surface area contributed by atoms with Gasteiger partial charge in [-0.25, -0.2) is 9.59 Å². The quantitative estimate of drug-likeness (QED) is 0.855. The van der Waals surface area contributed by atoms with Gasteiger partial charge < -0.3 is 14.6 Å². The van der Waals surface area contributed by atoms with Crippen LogP contribution in [0, 0.1) is 0 Å². The summed E-state index contributed by atoms with van der Waals surface area (Å²) in [5.41, 5.74) is -0.936. The Bertz CT molecular complexity index is 676. The average Bonchev–Trinajstić information content (AvgIpc) is 2.79. The van der Waals surface area contributed by atoms with Crippen molar-refractivity contribution in [3.8, 4) is 5.75 Å². The molecular formula is C18H23NO5. The molecule has 1 heterocycles. The summed E-state index contributed by atoms with van der Waals surface area (Å²) in [5, 5.41) is 9.88.